The number of rotatable bonds is 5. The van der Waals surface area contributed by atoms with E-state index in [1.54, 1.807) is 0 Å². The number of thiocarbonyl (C=S) groups is 1. The van der Waals surface area contributed by atoms with E-state index in [9.17, 15) is 8.78 Å². The van der Waals surface area contributed by atoms with Crippen LogP contribution in [0.1, 0.15) is 18.9 Å². The molecule has 0 amide bonds. The molecule has 3 nitrogen and oxygen atoms in total. The maximum atomic E-state index is 13.7. The number of piperazine rings is 1. The summed E-state index contributed by atoms with van der Waals surface area (Å²) in [6, 6.07) is 3.73. The SMILES string of the molecule is CCC(C(N)=S)N1CCN(Cc2cc(F)ccc2F)CC1. The first-order valence-corrected chi connectivity index (χ1v) is 7.61. The van der Waals surface area contributed by atoms with Crippen LogP contribution in [0, 0.1) is 11.6 Å². The van der Waals surface area contributed by atoms with E-state index in [1.807, 2.05) is 0 Å². The molecule has 116 valence electrons. The molecule has 0 saturated carbocycles. The zero-order chi connectivity index (χ0) is 15.4. The van der Waals surface area contributed by atoms with Crippen LogP contribution in [0.4, 0.5) is 8.78 Å². The number of benzene rings is 1. The average Bonchev–Trinajstić information content (AvgIpc) is 2.45. The predicted octanol–water partition coefficient (Wildman–Crippen LogP) is 2.15. The minimum Gasteiger partial charge on any atom is -0.392 e. The molecule has 1 unspecified atom stereocenters. The molecule has 1 aromatic carbocycles. The van der Waals surface area contributed by atoms with E-state index in [1.165, 1.54) is 12.1 Å². The molecule has 0 bridgehead atoms. The van der Waals surface area contributed by atoms with Gasteiger partial charge in [-0.1, -0.05) is 19.1 Å². The van der Waals surface area contributed by atoms with E-state index < -0.39 is 5.82 Å². The van der Waals surface area contributed by atoms with Crippen LogP contribution in [-0.2, 0) is 6.54 Å². The summed E-state index contributed by atoms with van der Waals surface area (Å²) in [5.41, 5.74) is 6.16. The van der Waals surface area contributed by atoms with Gasteiger partial charge in [0.1, 0.15) is 11.6 Å². The smallest absolute Gasteiger partial charge is 0.127 e. The molecule has 2 N–H and O–H groups in total. The molecule has 1 fully saturated rings. The topological polar surface area (TPSA) is 32.5 Å². The molecule has 1 aliphatic rings. The fourth-order valence-electron chi connectivity index (χ4n) is 2.78. The summed E-state index contributed by atoms with van der Waals surface area (Å²) < 4.78 is 26.8. The zero-order valence-electron chi connectivity index (χ0n) is 12.2. The third-order valence-electron chi connectivity index (χ3n) is 3.96. The maximum absolute atomic E-state index is 13.7. The van der Waals surface area contributed by atoms with Gasteiger partial charge in [-0.15, -0.1) is 0 Å². The summed E-state index contributed by atoms with van der Waals surface area (Å²) in [5, 5.41) is 0. The van der Waals surface area contributed by atoms with Crippen LogP contribution in [0.5, 0.6) is 0 Å². The Labute approximate surface area is 129 Å². The lowest BCUT2D eigenvalue weighted by molar-refractivity contribution is 0.111. The lowest BCUT2D eigenvalue weighted by atomic mass is 10.1. The van der Waals surface area contributed by atoms with Crippen molar-refractivity contribution in [2.75, 3.05) is 26.2 Å². The summed E-state index contributed by atoms with van der Waals surface area (Å²) >= 11 is 5.09. The quantitative estimate of drug-likeness (QED) is 0.844. The highest BCUT2D eigenvalue weighted by molar-refractivity contribution is 7.80. The van der Waals surface area contributed by atoms with Crippen LogP contribution in [0.2, 0.25) is 0 Å². The Morgan fingerprint density at radius 2 is 1.95 bits per heavy atom. The standard InChI is InChI=1S/C15H21F2N3S/c1-2-14(15(18)21)20-7-5-19(6-8-20)10-11-9-12(16)3-4-13(11)17/h3-4,9,14H,2,5-8,10H2,1H3,(H2,18,21). The van der Waals surface area contributed by atoms with Gasteiger partial charge in [0.05, 0.1) is 11.0 Å². The van der Waals surface area contributed by atoms with E-state index in [2.05, 4.69) is 16.7 Å². The van der Waals surface area contributed by atoms with Crippen molar-refractivity contribution in [1.29, 1.82) is 0 Å². The Kier molecular flexibility index (Phi) is 5.61. The van der Waals surface area contributed by atoms with Gasteiger partial charge < -0.3 is 5.73 Å². The molecule has 21 heavy (non-hydrogen) atoms. The minimum absolute atomic E-state index is 0.132. The Balaban J connectivity index is 1.92. The van der Waals surface area contributed by atoms with Gasteiger partial charge in [0, 0.05) is 38.3 Å². The fraction of sp³-hybridized carbons (Fsp3) is 0.533. The van der Waals surface area contributed by atoms with E-state index >= 15 is 0 Å². The lowest BCUT2D eigenvalue weighted by Gasteiger charge is -2.38. The minimum atomic E-state index is -0.399. The highest BCUT2D eigenvalue weighted by Crippen LogP contribution is 2.15. The Morgan fingerprint density at radius 3 is 2.52 bits per heavy atom. The molecule has 2 rings (SSSR count). The Morgan fingerprint density at radius 1 is 1.29 bits per heavy atom. The van der Waals surface area contributed by atoms with Crippen molar-refractivity contribution in [3.63, 3.8) is 0 Å². The molecule has 1 heterocycles. The first kappa shape index (κ1) is 16.3. The lowest BCUT2D eigenvalue weighted by Crippen LogP contribution is -2.53. The van der Waals surface area contributed by atoms with Gasteiger partial charge in [-0.2, -0.15) is 0 Å². The summed E-state index contributed by atoms with van der Waals surface area (Å²) in [6.07, 6.45) is 0.897. The highest BCUT2D eigenvalue weighted by atomic mass is 32.1. The predicted molar refractivity (Wildman–Crippen MR) is 84.1 cm³/mol. The summed E-state index contributed by atoms with van der Waals surface area (Å²) in [5.74, 6) is -0.752. The van der Waals surface area contributed by atoms with Crippen LogP contribution in [0.25, 0.3) is 0 Å². The normalized spacial score (nSPS) is 18.6. The van der Waals surface area contributed by atoms with Crippen molar-refractivity contribution in [2.45, 2.75) is 25.9 Å². The Bertz CT molecular complexity index is 502. The van der Waals surface area contributed by atoms with Crippen LogP contribution in [-0.4, -0.2) is 47.0 Å². The third-order valence-corrected chi connectivity index (χ3v) is 4.24. The summed E-state index contributed by atoms with van der Waals surface area (Å²) in [6.45, 7) is 5.78. The second-order valence-electron chi connectivity index (χ2n) is 5.37. The second kappa shape index (κ2) is 7.24. The summed E-state index contributed by atoms with van der Waals surface area (Å²) in [4.78, 5) is 4.92. The molecule has 6 heteroatoms. The van der Waals surface area contributed by atoms with Crippen LogP contribution >= 0.6 is 12.2 Å². The highest BCUT2D eigenvalue weighted by Gasteiger charge is 2.24. The van der Waals surface area contributed by atoms with Crippen LogP contribution < -0.4 is 5.73 Å². The Hall–Kier alpha value is -1.11. The molecule has 1 aliphatic heterocycles. The van der Waals surface area contributed by atoms with Gasteiger partial charge in [-0.25, -0.2) is 8.78 Å². The molecular weight excluding hydrogens is 292 g/mol. The molecule has 1 atom stereocenters. The average molecular weight is 313 g/mol. The molecule has 0 aliphatic carbocycles. The van der Waals surface area contributed by atoms with Crippen molar-refractivity contribution < 1.29 is 8.78 Å². The molecule has 0 radical (unpaired) electrons. The van der Waals surface area contributed by atoms with E-state index in [0.29, 0.717) is 17.1 Å². The fourth-order valence-corrected chi connectivity index (χ4v) is 3.09. The number of nitrogens with two attached hydrogens (primary N) is 1. The molecule has 1 aromatic rings. The van der Waals surface area contributed by atoms with Crippen molar-refractivity contribution >= 4 is 17.2 Å². The van der Waals surface area contributed by atoms with Crippen LogP contribution in [0.15, 0.2) is 18.2 Å². The summed E-state index contributed by atoms with van der Waals surface area (Å²) in [7, 11) is 0. The van der Waals surface area contributed by atoms with Gasteiger partial charge in [0.25, 0.3) is 0 Å². The van der Waals surface area contributed by atoms with Crippen molar-refractivity contribution in [3.05, 3.63) is 35.4 Å². The maximum Gasteiger partial charge on any atom is 0.127 e. The van der Waals surface area contributed by atoms with Crippen molar-refractivity contribution in [1.82, 2.24) is 9.80 Å². The molecule has 0 spiro atoms. The van der Waals surface area contributed by atoms with Crippen molar-refractivity contribution in [3.8, 4) is 0 Å². The number of hydrogen-bond donors (Lipinski definition) is 1. The molecular formula is C15H21F2N3S. The molecule has 1 saturated heterocycles. The monoisotopic (exact) mass is 313 g/mol. The second-order valence-corrected chi connectivity index (χ2v) is 5.85. The van der Waals surface area contributed by atoms with Gasteiger partial charge in [0.2, 0.25) is 0 Å². The van der Waals surface area contributed by atoms with Gasteiger partial charge in [-0.05, 0) is 24.6 Å². The van der Waals surface area contributed by atoms with E-state index in [-0.39, 0.29) is 11.9 Å². The first-order valence-electron chi connectivity index (χ1n) is 7.21. The van der Waals surface area contributed by atoms with Gasteiger partial charge in [0.15, 0.2) is 0 Å². The van der Waals surface area contributed by atoms with E-state index in [0.717, 1.165) is 38.7 Å². The van der Waals surface area contributed by atoms with Crippen molar-refractivity contribution in [2.24, 2.45) is 5.73 Å². The third kappa shape index (κ3) is 4.18. The molecule has 0 aromatic heterocycles. The van der Waals surface area contributed by atoms with E-state index in [4.69, 9.17) is 18.0 Å². The number of nitrogens with zero attached hydrogens (tertiary/aromatic N) is 2. The van der Waals surface area contributed by atoms with Gasteiger partial charge in [-0.3, -0.25) is 9.80 Å². The first-order chi connectivity index (χ1) is 10.0. The zero-order valence-corrected chi connectivity index (χ0v) is 13.0. The largest absolute Gasteiger partial charge is 0.392 e. The number of hydrogen-bond acceptors (Lipinski definition) is 3. The number of halogens is 2. The van der Waals surface area contributed by atoms with Crippen LogP contribution in [0.3, 0.4) is 0 Å². The van der Waals surface area contributed by atoms with Gasteiger partial charge >= 0.3 is 0 Å².